The molecule has 2 N–H and O–H groups in total. The topological polar surface area (TPSA) is 40.5 Å². The average molecular weight is 463 g/mol. The predicted octanol–water partition coefficient (Wildman–Crippen LogP) is 9.31. The summed E-state index contributed by atoms with van der Waals surface area (Å²) in [5.74, 6) is 1.92. The predicted molar refractivity (Wildman–Crippen MR) is 143 cm³/mol. The van der Waals surface area contributed by atoms with Crippen LogP contribution in [0.25, 0.3) is 0 Å². The lowest BCUT2D eigenvalue weighted by Gasteiger charge is -2.39. The second kappa shape index (κ2) is 10.8. The lowest BCUT2D eigenvalue weighted by atomic mass is 9.65. The van der Waals surface area contributed by atoms with Crippen LogP contribution in [0.2, 0.25) is 0 Å². The van der Waals surface area contributed by atoms with Crippen molar-refractivity contribution in [1.82, 2.24) is 0 Å². The maximum Gasteiger partial charge on any atom is 0.119 e. The van der Waals surface area contributed by atoms with Crippen LogP contribution in [0.5, 0.6) is 11.5 Å². The van der Waals surface area contributed by atoms with E-state index in [0.717, 1.165) is 30.4 Å². The van der Waals surface area contributed by atoms with E-state index in [1.54, 1.807) is 0 Å². The molecular formula is C32H46O2. The van der Waals surface area contributed by atoms with E-state index >= 15 is 0 Å². The van der Waals surface area contributed by atoms with Gasteiger partial charge in [-0.1, -0.05) is 70.9 Å². The molecule has 2 aromatic rings. The minimum Gasteiger partial charge on any atom is -0.508 e. The zero-order valence-corrected chi connectivity index (χ0v) is 22.1. The molecule has 0 unspecified atom stereocenters. The fraction of sp³-hybridized carbons (Fsp3) is 0.625. The molecule has 4 rings (SSSR count). The minimum atomic E-state index is -0.100. The molecule has 0 aromatic heterocycles. The van der Waals surface area contributed by atoms with Gasteiger partial charge in [0.25, 0.3) is 0 Å². The third-order valence-corrected chi connectivity index (χ3v) is 9.15. The highest BCUT2D eigenvalue weighted by Crippen LogP contribution is 2.49. The van der Waals surface area contributed by atoms with Crippen molar-refractivity contribution in [1.29, 1.82) is 0 Å². The van der Waals surface area contributed by atoms with Crippen LogP contribution in [-0.2, 0) is 5.41 Å². The zero-order valence-electron chi connectivity index (χ0n) is 22.1. The molecule has 34 heavy (non-hydrogen) atoms. The minimum absolute atomic E-state index is 0.100. The summed E-state index contributed by atoms with van der Waals surface area (Å²) in [6, 6.07) is 8.84. The van der Waals surface area contributed by atoms with Crippen molar-refractivity contribution in [3.63, 3.8) is 0 Å². The van der Waals surface area contributed by atoms with Crippen LogP contribution in [0, 0.1) is 13.8 Å². The quantitative estimate of drug-likeness (QED) is 0.430. The average Bonchev–Trinajstić information content (AvgIpc) is 2.84. The Balaban J connectivity index is 1.88. The number of hydrogen-bond donors (Lipinski definition) is 2. The van der Waals surface area contributed by atoms with Gasteiger partial charge in [-0.05, 0) is 110 Å². The van der Waals surface area contributed by atoms with Crippen LogP contribution >= 0.6 is 0 Å². The first kappa shape index (κ1) is 25.1. The van der Waals surface area contributed by atoms with E-state index in [2.05, 4.69) is 39.8 Å². The van der Waals surface area contributed by atoms with E-state index in [9.17, 15) is 10.2 Å². The monoisotopic (exact) mass is 462 g/mol. The van der Waals surface area contributed by atoms with Crippen molar-refractivity contribution in [2.75, 3.05) is 0 Å². The van der Waals surface area contributed by atoms with Crippen LogP contribution in [0.1, 0.15) is 143 Å². The third kappa shape index (κ3) is 4.75. The Hall–Kier alpha value is -1.96. The van der Waals surface area contributed by atoms with Gasteiger partial charge in [0.05, 0.1) is 0 Å². The van der Waals surface area contributed by atoms with Gasteiger partial charge in [0, 0.05) is 5.41 Å². The molecule has 2 fully saturated rings. The van der Waals surface area contributed by atoms with Crippen molar-refractivity contribution in [3.05, 3.63) is 57.6 Å². The fourth-order valence-corrected chi connectivity index (χ4v) is 7.33. The summed E-state index contributed by atoms with van der Waals surface area (Å²) in [6.07, 6.45) is 15.7. The van der Waals surface area contributed by atoms with Crippen molar-refractivity contribution >= 4 is 0 Å². The molecule has 2 aliphatic rings. The summed E-state index contributed by atoms with van der Waals surface area (Å²) in [5, 5.41) is 22.0. The van der Waals surface area contributed by atoms with Crippen LogP contribution in [0.4, 0.5) is 0 Å². The number of phenols is 2. The van der Waals surface area contributed by atoms with Gasteiger partial charge >= 0.3 is 0 Å². The molecule has 0 aliphatic heterocycles. The molecular weight excluding hydrogens is 416 g/mol. The molecule has 0 atom stereocenters. The molecule has 2 saturated carbocycles. The van der Waals surface area contributed by atoms with Crippen LogP contribution < -0.4 is 0 Å². The fourth-order valence-electron chi connectivity index (χ4n) is 7.33. The highest BCUT2D eigenvalue weighted by atomic mass is 16.3. The van der Waals surface area contributed by atoms with Crippen molar-refractivity contribution in [2.24, 2.45) is 0 Å². The van der Waals surface area contributed by atoms with Gasteiger partial charge in [-0.3, -0.25) is 0 Å². The first-order valence-corrected chi connectivity index (χ1v) is 14.1. The van der Waals surface area contributed by atoms with Crippen molar-refractivity contribution < 1.29 is 10.2 Å². The Morgan fingerprint density at radius 3 is 1.44 bits per heavy atom. The molecule has 2 aromatic carbocycles. The SMILES string of the molecule is CCCC(CC)(c1cc(C2CCCCC2)c(O)cc1C)c1cc(C2CCCCC2)c(O)cc1C. The highest BCUT2D eigenvalue weighted by Gasteiger charge is 2.37. The Bertz CT molecular complexity index is 903. The van der Waals surface area contributed by atoms with Crippen LogP contribution in [0.3, 0.4) is 0 Å². The summed E-state index contributed by atoms with van der Waals surface area (Å²) < 4.78 is 0. The van der Waals surface area contributed by atoms with E-state index in [-0.39, 0.29) is 5.41 Å². The van der Waals surface area contributed by atoms with Gasteiger partial charge in [0.2, 0.25) is 0 Å². The van der Waals surface area contributed by atoms with E-state index in [1.165, 1.54) is 86.5 Å². The number of benzene rings is 2. The standard InChI is InChI=1S/C32H46O2/c1-5-17-32(6-2,28-20-26(30(33)18-22(28)3)24-13-9-7-10-14-24)29-21-27(31(34)19-23(29)4)25-15-11-8-12-16-25/h18-21,24-25,33-34H,5-17H2,1-4H3. The Morgan fingerprint density at radius 1 is 0.676 bits per heavy atom. The van der Waals surface area contributed by atoms with Gasteiger partial charge in [-0.25, -0.2) is 0 Å². The summed E-state index contributed by atoms with van der Waals surface area (Å²) in [6.45, 7) is 8.98. The number of aromatic hydroxyl groups is 2. The summed E-state index contributed by atoms with van der Waals surface area (Å²) in [4.78, 5) is 0. The van der Waals surface area contributed by atoms with Crippen molar-refractivity contribution in [2.45, 2.75) is 128 Å². The normalized spacial score (nSPS) is 18.4. The van der Waals surface area contributed by atoms with E-state index in [4.69, 9.17) is 0 Å². The summed E-state index contributed by atoms with van der Waals surface area (Å²) in [5.41, 5.74) is 7.39. The van der Waals surface area contributed by atoms with Gasteiger partial charge < -0.3 is 10.2 Å². The maximum atomic E-state index is 11.0. The first-order chi connectivity index (χ1) is 16.4. The van der Waals surface area contributed by atoms with Gasteiger partial charge in [0.15, 0.2) is 0 Å². The Morgan fingerprint density at radius 2 is 1.09 bits per heavy atom. The van der Waals surface area contributed by atoms with Crippen LogP contribution in [0.15, 0.2) is 24.3 Å². The molecule has 0 bridgehead atoms. The van der Waals surface area contributed by atoms with Crippen LogP contribution in [-0.4, -0.2) is 10.2 Å². The van der Waals surface area contributed by atoms with Crippen molar-refractivity contribution in [3.8, 4) is 11.5 Å². The molecule has 0 radical (unpaired) electrons. The smallest absolute Gasteiger partial charge is 0.119 e. The molecule has 0 saturated heterocycles. The lowest BCUT2D eigenvalue weighted by Crippen LogP contribution is -2.30. The lowest BCUT2D eigenvalue weighted by molar-refractivity contribution is 0.404. The second-order valence-corrected chi connectivity index (χ2v) is 11.3. The third-order valence-electron chi connectivity index (χ3n) is 9.15. The number of phenolic OH excluding ortho intramolecular Hbond substituents is 2. The number of rotatable bonds is 7. The zero-order chi connectivity index (χ0) is 24.3. The molecule has 0 heterocycles. The van der Waals surface area contributed by atoms with E-state index in [0.29, 0.717) is 23.3 Å². The molecule has 2 heteroatoms. The van der Waals surface area contributed by atoms with Gasteiger partial charge in [-0.2, -0.15) is 0 Å². The van der Waals surface area contributed by atoms with Gasteiger partial charge in [-0.15, -0.1) is 0 Å². The highest BCUT2D eigenvalue weighted by molar-refractivity contribution is 5.55. The van der Waals surface area contributed by atoms with E-state index < -0.39 is 0 Å². The Kier molecular flexibility index (Phi) is 7.95. The van der Waals surface area contributed by atoms with Gasteiger partial charge in [0.1, 0.15) is 11.5 Å². The summed E-state index contributed by atoms with van der Waals surface area (Å²) >= 11 is 0. The Labute approximate surface area is 207 Å². The second-order valence-electron chi connectivity index (χ2n) is 11.3. The summed E-state index contributed by atoms with van der Waals surface area (Å²) in [7, 11) is 0. The first-order valence-electron chi connectivity index (χ1n) is 14.1. The number of aryl methyl sites for hydroxylation is 2. The van der Waals surface area contributed by atoms with E-state index in [1.807, 2.05) is 12.1 Å². The maximum absolute atomic E-state index is 11.0. The number of hydrogen-bond acceptors (Lipinski definition) is 2. The molecule has 0 amide bonds. The largest absolute Gasteiger partial charge is 0.508 e. The molecule has 186 valence electrons. The molecule has 0 spiro atoms. The molecule has 2 nitrogen and oxygen atoms in total. The molecule has 2 aliphatic carbocycles.